The summed E-state index contributed by atoms with van der Waals surface area (Å²) in [6, 6.07) is 10.9. The van der Waals surface area contributed by atoms with E-state index >= 15 is 0 Å². The van der Waals surface area contributed by atoms with E-state index in [2.05, 4.69) is 46.1 Å². The van der Waals surface area contributed by atoms with E-state index in [0.717, 1.165) is 44.1 Å². The number of hydrogen-bond acceptors (Lipinski definition) is 3. The van der Waals surface area contributed by atoms with E-state index in [1.54, 1.807) is 17.8 Å². The summed E-state index contributed by atoms with van der Waals surface area (Å²) in [5.74, 6) is 0.278. The van der Waals surface area contributed by atoms with Crippen molar-refractivity contribution in [2.45, 2.75) is 90.0 Å². The smallest absolute Gasteiger partial charge is 0.244 e. The molecule has 170 valence electrons. The van der Waals surface area contributed by atoms with Gasteiger partial charge in [-0.15, -0.1) is 0 Å². The molecule has 2 amide bonds. The quantitative estimate of drug-likeness (QED) is 0.739. The first-order valence-electron chi connectivity index (χ1n) is 12.0. The van der Waals surface area contributed by atoms with Gasteiger partial charge in [0.25, 0.3) is 0 Å². The van der Waals surface area contributed by atoms with Gasteiger partial charge in [-0.05, 0) is 43.7 Å². The van der Waals surface area contributed by atoms with E-state index in [0.29, 0.717) is 0 Å². The molecule has 1 aromatic carbocycles. The Labute approximate surface area is 190 Å². The summed E-state index contributed by atoms with van der Waals surface area (Å²) in [5.41, 5.74) is 2.24. The Bertz CT molecular complexity index is 1000. The number of amides is 2. The van der Waals surface area contributed by atoms with Crippen LogP contribution in [0.2, 0.25) is 0 Å². The van der Waals surface area contributed by atoms with Crippen LogP contribution in [-0.2, 0) is 22.6 Å². The first-order valence-corrected chi connectivity index (χ1v) is 12.0. The van der Waals surface area contributed by atoms with Gasteiger partial charge in [-0.1, -0.05) is 50.1 Å². The number of nitrogens with zero attached hydrogens (tertiary/aromatic N) is 4. The largest absolute Gasteiger partial charge is 0.334 e. The van der Waals surface area contributed by atoms with E-state index < -0.39 is 0 Å². The Morgan fingerprint density at radius 1 is 1.09 bits per heavy atom. The standard InChI is InChI=1S/C26H34N4O2/c1-18-15-27-28(16-18)17-25(32)30-22-14-26(3)23(11-7-8-12-24(26)30)29(19(2)31)21(22)13-20-9-5-4-6-10-20/h4-6,9-10,15-16,21-24H,7-8,11-14,17H2,1-3H3/t21-,22-,23+,24-,26+/m0/s1. The van der Waals surface area contributed by atoms with Gasteiger partial charge in [-0.2, -0.15) is 5.10 Å². The van der Waals surface area contributed by atoms with Crippen LogP contribution in [0.15, 0.2) is 42.7 Å². The molecule has 0 N–H and O–H groups in total. The second-order valence-corrected chi connectivity index (χ2v) is 10.3. The molecule has 2 bridgehead atoms. The number of hydrogen-bond donors (Lipinski definition) is 0. The summed E-state index contributed by atoms with van der Waals surface area (Å²) in [6.07, 6.45) is 9.78. The van der Waals surface area contributed by atoms with Crippen LogP contribution in [0.5, 0.6) is 0 Å². The Kier molecular flexibility index (Phi) is 5.34. The number of carbonyl (C=O) groups excluding carboxylic acids is 2. The molecule has 3 heterocycles. The zero-order chi connectivity index (χ0) is 22.5. The first kappa shape index (κ1) is 21.2. The summed E-state index contributed by atoms with van der Waals surface area (Å²) >= 11 is 0. The van der Waals surface area contributed by atoms with Crippen molar-refractivity contribution >= 4 is 11.8 Å². The molecule has 1 aliphatic carbocycles. The topological polar surface area (TPSA) is 58.4 Å². The molecule has 1 saturated carbocycles. The molecule has 3 fully saturated rings. The minimum Gasteiger partial charge on any atom is -0.334 e. The molecule has 1 aromatic heterocycles. The lowest BCUT2D eigenvalue weighted by molar-refractivity contribution is -0.143. The van der Waals surface area contributed by atoms with Crippen molar-refractivity contribution < 1.29 is 9.59 Å². The number of benzene rings is 1. The van der Waals surface area contributed by atoms with Gasteiger partial charge in [-0.25, -0.2) is 0 Å². The monoisotopic (exact) mass is 434 g/mol. The molecule has 0 spiro atoms. The number of carbonyl (C=O) groups is 2. The Balaban J connectivity index is 1.55. The first-order chi connectivity index (χ1) is 15.4. The van der Waals surface area contributed by atoms with Gasteiger partial charge in [0.05, 0.1) is 18.3 Å². The molecule has 2 aromatic rings. The van der Waals surface area contributed by atoms with Gasteiger partial charge >= 0.3 is 0 Å². The molecule has 2 saturated heterocycles. The fraction of sp³-hybridized carbons (Fsp3) is 0.577. The second-order valence-electron chi connectivity index (χ2n) is 10.3. The van der Waals surface area contributed by atoms with Gasteiger partial charge in [0.1, 0.15) is 6.54 Å². The maximum Gasteiger partial charge on any atom is 0.244 e. The predicted octanol–water partition coefficient (Wildman–Crippen LogP) is 3.58. The van der Waals surface area contributed by atoms with Crippen LogP contribution in [0.1, 0.15) is 57.1 Å². The van der Waals surface area contributed by atoms with Crippen molar-refractivity contribution in [1.82, 2.24) is 19.6 Å². The van der Waals surface area contributed by atoms with E-state index in [1.807, 2.05) is 19.2 Å². The summed E-state index contributed by atoms with van der Waals surface area (Å²) < 4.78 is 1.76. The van der Waals surface area contributed by atoms with E-state index in [9.17, 15) is 9.59 Å². The summed E-state index contributed by atoms with van der Waals surface area (Å²) in [6.45, 7) is 6.31. The Hall–Kier alpha value is -2.63. The second kappa shape index (κ2) is 8.05. The Morgan fingerprint density at radius 2 is 1.78 bits per heavy atom. The number of fused-ring (bicyclic) bond motifs is 1. The summed E-state index contributed by atoms with van der Waals surface area (Å²) in [4.78, 5) is 31.2. The average Bonchev–Trinajstić information content (AvgIpc) is 3.22. The van der Waals surface area contributed by atoms with Gasteiger partial charge in [0, 0.05) is 30.6 Å². The molecule has 0 unspecified atom stereocenters. The van der Waals surface area contributed by atoms with Crippen molar-refractivity contribution in [1.29, 1.82) is 0 Å². The number of aromatic nitrogens is 2. The van der Waals surface area contributed by atoms with E-state index in [1.165, 1.54) is 5.56 Å². The van der Waals surface area contributed by atoms with Crippen molar-refractivity contribution in [3.05, 3.63) is 53.9 Å². The van der Waals surface area contributed by atoms with Crippen molar-refractivity contribution in [3.63, 3.8) is 0 Å². The molecule has 6 nitrogen and oxygen atoms in total. The maximum absolute atomic E-state index is 13.8. The number of rotatable bonds is 4. The molecular weight excluding hydrogens is 400 g/mol. The summed E-state index contributed by atoms with van der Waals surface area (Å²) in [7, 11) is 0. The number of piperidine rings is 1. The van der Waals surface area contributed by atoms with Crippen LogP contribution >= 0.6 is 0 Å². The maximum atomic E-state index is 13.8. The predicted molar refractivity (Wildman–Crippen MR) is 123 cm³/mol. The number of aryl methyl sites for hydroxylation is 1. The molecule has 5 rings (SSSR count). The molecule has 6 heteroatoms. The third kappa shape index (κ3) is 3.44. The minimum atomic E-state index is -0.0459. The molecule has 2 aliphatic heterocycles. The molecule has 0 radical (unpaired) electrons. The third-order valence-corrected chi connectivity index (χ3v) is 8.21. The van der Waals surface area contributed by atoms with Crippen LogP contribution < -0.4 is 0 Å². The van der Waals surface area contributed by atoms with Crippen molar-refractivity contribution in [2.24, 2.45) is 5.41 Å². The molecule has 3 aliphatic rings. The highest BCUT2D eigenvalue weighted by molar-refractivity contribution is 5.79. The Morgan fingerprint density at radius 3 is 2.41 bits per heavy atom. The average molecular weight is 435 g/mol. The van der Waals surface area contributed by atoms with Gasteiger partial charge in [-0.3, -0.25) is 14.3 Å². The van der Waals surface area contributed by atoms with Crippen LogP contribution in [0.3, 0.4) is 0 Å². The van der Waals surface area contributed by atoms with Crippen LogP contribution in [0, 0.1) is 12.3 Å². The van der Waals surface area contributed by atoms with Crippen LogP contribution in [-0.4, -0.2) is 55.6 Å². The lowest BCUT2D eigenvalue weighted by atomic mass is 9.69. The fourth-order valence-corrected chi connectivity index (χ4v) is 6.94. The molecular formula is C26H34N4O2. The third-order valence-electron chi connectivity index (χ3n) is 8.21. The highest BCUT2D eigenvalue weighted by atomic mass is 16.2. The van der Waals surface area contributed by atoms with Crippen molar-refractivity contribution in [2.75, 3.05) is 0 Å². The number of likely N-dealkylation sites (tertiary alicyclic amines) is 2. The highest BCUT2D eigenvalue weighted by Crippen LogP contribution is 2.55. The van der Waals surface area contributed by atoms with Crippen LogP contribution in [0.4, 0.5) is 0 Å². The van der Waals surface area contributed by atoms with Gasteiger partial charge in [0.2, 0.25) is 11.8 Å². The van der Waals surface area contributed by atoms with Crippen molar-refractivity contribution in [3.8, 4) is 0 Å². The fourth-order valence-electron chi connectivity index (χ4n) is 6.94. The lowest BCUT2D eigenvalue weighted by Crippen LogP contribution is -2.61. The van der Waals surface area contributed by atoms with Gasteiger partial charge in [0.15, 0.2) is 0 Å². The zero-order valence-electron chi connectivity index (χ0n) is 19.4. The molecule has 5 atom stereocenters. The van der Waals surface area contributed by atoms with E-state index in [4.69, 9.17) is 0 Å². The van der Waals surface area contributed by atoms with E-state index in [-0.39, 0.29) is 47.9 Å². The lowest BCUT2D eigenvalue weighted by Gasteiger charge is -2.50. The highest BCUT2D eigenvalue weighted by Gasteiger charge is 2.63. The SMILES string of the molecule is CC(=O)N1[C@@H](Cc2ccccc2)[C@@H]2C[C@@]3(C)[C@H](CCCC[C@@H]13)N2C(=O)Cn1cc(C)cn1. The summed E-state index contributed by atoms with van der Waals surface area (Å²) in [5, 5.41) is 4.36. The molecule has 32 heavy (non-hydrogen) atoms. The van der Waals surface area contributed by atoms with Crippen LogP contribution in [0.25, 0.3) is 0 Å². The van der Waals surface area contributed by atoms with Gasteiger partial charge < -0.3 is 9.80 Å². The zero-order valence-corrected chi connectivity index (χ0v) is 19.4. The minimum absolute atomic E-state index is 0.0133. The normalized spacial score (nSPS) is 31.5.